The minimum absolute atomic E-state index is 0.246. The SMILES string of the molecule is O=C(NCc1cccnc1)Nc1ccc(-c2nn(CCN3CCCCC3)c3ccccc23)cc1. The monoisotopic (exact) mass is 454 g/mol. The number of likely N-dealkylation sites (tertiary alicyclic amines) is 1. The van der Waals surface area contributed by atoms with E-state index in [1.807, 2.05) is 36.4 Å². The van der Waals surface area contributed by atoms with Crippen molar-refractivity contribution < 1.29 is 4.79 Å². The van der Waals surface area contributed by atoms with E-state index in [1.165, 1.54) is 32.4 Å². The Labute approximate surface area is 199 Å². The van der Waals surface area contributed by atoms with Gasteiger partial charge in [0, 0.05) is 42.1 Å². The number of aromatic nitrogens is 3. The Balaban J connectivity index is 1.26. The van der Waals surface area contributed by atoms with E-state index in [9.17, 15) is 4.79 Å². The standard InChI is InChI=1S/C27H30N6O/c34-27(29-20-21-7-6-14-28-19-21)30-23-12-10-22(11-13-23)26-24-8-2-3-9-25(24)33(31-26)18-17-32-15-4-1-5-16-32/h2-3,6-14,19H,1,4-5,15-18,20H2,(H2,29,30,34). The molecule has 5 rings (SSSR count). The van der Waals surface area contributed by atoms with E-state index < -0.39 is 0 Å². The molecule has 3 heterocycles. The third-order valence-electron chi connectivity index (χ3n) is 6.33. The first-order valence-electron chi connectivity index (χ1n) is 12.0. The number of hydrogen-bond donors (Lipinski definition) is 2. The molecule has 1 fully saturated rings. The smallest absolute Gasteiger partial charge is 0.319 e. The van der Waals surface area contributed by atoms with E-state index in [1.54, 1.807) is 12.4 Å². The molecule has 7 nitrogen and oxygen atoms in total. The fourth-order valence-electron chi connectivity index (χ4n) is 4.50. The van der Waals surface area contributed by atoms with Gasteiger partial charge >= 0.3 is 6.03 Å². The molecule has 0 radical (unpaired) electrons. The highest BCUT2D eigenvalue weighted by atomic mass is 16.2. The van der Waals surface area contributed by atoms with Gasteiger partial charge in [-0.25, -0.2) is 4.79 Å². The average molecular weight is 455 g/mol. The summed E-state index contributed by atoms with van der Waals surface area (Å²) in [6, 6.07) is 19.8. The van der Waals surface area contributed by atoms with Crippen LogP contribution in [-0.2, 0) is 13.1 Å². The van der Waals surface area contributed by atoms with Crippen LogP contribution in [0.15, 0.2) is 73.1 Å². The number of nitrogens with zero attached hydrogens (tertiary/aromatic N) is 4. The Bertz CT molecular complexity index is 1230. The van der Waals surface area contributed by atoms with Gasteiger partial charge in [-0.1, -0.05) is 42.8 Å². The van der Waals surface area contributed by atoms with E-state index in [0.29, 0.717) is 6.54 Å². The lowest BCUT2D eigenvalue weighted by Crippen LogP contribution is -2.32. The fourth-order valence-corrected chi connectivity index (χ4v) is 4.50. The lowest BCUT2D eigenvalue weighted by atomic mass is 10.1. The molecule has 174 valence electrons. The second-order valence-corrected chi connectivity index (χ2v) is 8.74. The summed E-state index contributed by atoms with van der Waals surface area (Å²) < 4.78 is 2.14. The first kappa shape index (κ1) is 22.1. The fraction of sp³-hybridized carbons (Fsp3) is 0.296. The number of anilines is 1. The number of nitrogens with one attached hydrogen (secondary N) is 2. The van der Waals surface area contributed by atoms with Gasteiger partial charge in [0.25, 0.3) is 0 Å². The van der Waals surface area contributed by atoms with Gasteiger partial charge in [0.05, 0.1) is 12.1 Å². The molecule has 0 saturated carbocycles. The Morgan fingerprint density at radius 2 is 1.74 bits per heavy atom. The van der Waals surface area contributed by atoms with Crippen LogP contribution in [0.1, 0.15) is 24.8 Å². The second kappa shape index (κ2) is 10.5. The summed E-state index contributed by atoms with van der Waals surface area (Å²) in [7, 11) is 0. The molecule has 2 N–H and O–H groups in total. The van der Waals surface area contributed by atoms with Crippen LogP contribution in [0.25, 0.3) is 22.2 Å². The first-order chi connectivity index (χ1) is 16.8. The lowest BCUT2D eigenvalue weighted by Gasteiger charge is -2.26. The molecule has 0 aliphatic carbocycles. The van der Waals surface area contributed by atoms with E-state index >= 15 is 0 Å². The number of rotatable bonds is 7. The molecule has 0 atom stereocenters. The van der Waals surface area contributed by atoms with Gasteiger partial charge in [-0.3, -0.25) is 9.67 Å². The van der Waals surface area contributed by atoms with Crippen molar-refractivity contribution in [2.24, 2.45) is 0 Å². The molecule has 2 aromatic carbocycles. The van der Waals surface area contributed by atoms with Crippen LogP contribution < -0.4 is 10.6 Å². The zero-order chi connectivity index (χ0) is 23.2. The highest BCUT2D eigenvalue weighted by Crippen LogP contribution is 2.29. The summed E-state index contributed by atoms with van der Waals surface area (Å²) in [4.78, 5) is 18.9. The number of amides is 2. The molecular weight excluding hydrogens is 424 g/mol. The largest absolute Gasteiger partial charge is 0.334 e. The second-order valence-electron chi connectivity index (χ2n) is 8.74. The molecule has 1 saturated heterocycles. The summed E-state index contributed by atoms with van der Waals surface area (Å²) in [6.45, 7) is 4.73. The third kappa shape index (κ3) is 5.26. The van der Waals surface area contributed by atoms with Gasteiger partial charge in [-0.2, -0.15) is 5.10 Å². The van der Waals surface area contributed by atoms with Crippen LogP contribution in [-0.4, -0.2) is 45.3 Å². The summed E-state index contributed by atoms with van der Waals surface area (Å²) in [6.07, 6.45) is 7.40. The van der Waals surface area contributed by atoms with Crippen molar-refractivity contribution in [3.63, 3.8) is 0 Å². The zero-order valence-corrected chi connectivity index (χ0v) is 19.3. The lowest BCUT2D eigenvalue weighted by molar-refractivity contribution is 0.219. The van der Waals surface area contributed by atoms with Gasteiger partial charge in [-0.05, 0) is 55.8 Å². The molecule has 34 heavy (non-hydrogen) atoms. The van der Waals surface area contributed by atoms with Gasteiger partial charge in [0.2, 0.25) is 0 Å². The molecular formula is C27H30N6O. The van der Waals surface area contributed by atoms with Crippen molar-refractivity contribution in [3.05, 3.63) is 78.6 Å². The van der Waals surface area contributed by atoms with Crippen molar-refractivity contribution in [3.8, 4) is 11.3 Å². The summed E-state index contributed by atoms with van der Waals surface area (Å²) in [5, 5.41) is 11.9. The molecule has 0 spiro atoms. The van der Waals surface area contributed by atoms with E-state index in [-0.39, 0.29) is 6.03 Å². The number of carbonyl (C=O) groups excluding carboxylic acids is 1. The molecule has 4 aromatic rings. The Kier molecular flexibility index (Phi) is 6.81. The third-order valence-corrected chi connectivity index (χ3v) is 6.33. The molecule has 0 bridgehead atoms. The Morgan fingerprint density at radius 1 is 0.912 bits per heavy atom. The number of urea groups is 1. The Morgan fingerprint density at radius 3 is 2.53 bits per heavy atom. The van der Waals surface area contributed by atoms with Crippen molar-refractivity contribution >= 4 is 22.6 Å². The summed E-state index contributed by atoms with van der Waals surface area (Å²) in [5.74, 6) is 0. The molecule has 0 unspecified atom stereocenters. The topological polar surface area (TPSA) is 75.1 Å². The highest BCUT2D eigenvalue weighted by Gasteiger charge is 2.14. The number of hydrogen-bond acceptors (Lipinski definition) is 4. The zero-order valence-electron chi connectivity index (χ0n) is 19.3. The number of pyridine rings is 1. The van der Waals surface area contributed by atoms with Crippen LogP contribution in [0.2, 0.25) is 0 Å². The number of para-hydroxylation sites is 1. The maximum atomic E-state index is 12.3. The predicted octanol–water partition coefficient (Wildman–Crippen LogP) is 4.91. The van der Waals surface area contributed by atoms with Crippen molar-refractivity contribution in [1.82, 2.24) is 25.0 Å². The maximum Gasteiger partial charge on any atom is 0.319 e. The molecule has 1 aliphatic rings. The number of benzene rings is 2. The average Bonchev–Trinajstić information content (AvgIpc) is 3.27. The molecule has 2 amide bonds. The molecule has 7 heteroatoms. The van der Waals surface area contributed by atoms with E-state index in [4.69, 9.17) is 5.10 Å². The normalized spacial score (nSPS) is 14.2. The quantitative estimate of drug-likeness (QED) is 0.416. The van der Waals surface area contributed by atoms with Crippen LogP contribution >= 0.6 is 0 Å². The summed E-state index contributed by atoms with van der Waals surface area (Å²) >= 11 is 0. The van der Waals surface area contributed by atoms with Crippen molar-refractivity contribution in [2.75, 3.05) is 25.0 Å². The van der Waals surface area contributed by atoms with Gasteiger partial charge in [0.15, 0.2) is 0 Å². The van der Waals surface area contributed by atoms with Gasteiger partial charge < -0.3 is 15.5 Å². The van der Waals surface area contributed by atoms with Crippen LogP contribution in [0, 0.1) is 0 Å². The number of fused-ring (bicyclic) bond motifs is 1. The predicted molar refractivity (Wildman–Crippen MR) is 136 cm³/mol. The van der Waals surface area contributed by atoms with E-state index in [0.717, 1.165) is 46.5 Å². The van der Waals surface area contributed by atoms with Crippen molar-refractivity contribution in [2.45, 2.75) is 32.4 Å². The van der Waals surface area contributed by atoms with Crippen LogP contribution in [0.5, 0.6) is 0 Å². The molecule has 1 aliphatic heterocycles. The first-order valence-corrected chi connectivity index (χ1v) is 12.0. The number of carbonyl (C=O) groups is 1. The maximum absolute atomic E-state index is 12.3. The highest BCUT2D eigenvalue weighted by molar-refractivity contribution is 5.94. The minimum Gasteiger partial charge on any atom is -0.334 e. The number of piperidine rings is 1. The van der Waals surface area contributed by atoms with Gasteiger partial charge in [0.1, 0.15) is 5.69 Å². The van der Waals surface area contributed by atoms with Crippen LogP contribution in [0.3, 0.4) is 0 Å². The van der Waals surface area contributed by atoms with Crippen molar-refractivity contribution in [1.29, 1.82) is 0 Å². The summed E-state index contributed by atoms with van der Waals surface area (Å²) in [5.41, 5.74) is 4.86. The van der Waals surface area contributed by atoms with Gasteiger partial charge in [-0.15, -0.1) is 0 Å². The minimum atomic E-state index is -0.246. The van der Waals surface area contributed by atoms with Crippen LogP contribution in [0.4, 0.5) is 10.5 Å². The Hall–Kier alpha value is -3.71. The van der Waals surface area contributed by atoms with E-state index in [2.05, 4.69) is 49.5 Å². The molecule has 2 aromatic heterocycles.